The predicted molar refractivity (Wildman–Crippen MR) is 87.2 cm³/mol. The molecule has 1 aromatic carbocycles. The molecule has 4 nitrogen and oxygen atoms in total. The molecule has 1 saturated carbocycles. The number of hydrogen-bond donors (Lipinski definition) is 2. The van der Waals surface area contributed by atoms with Crippen molar-refractivity contribution in [2.45, 2.75) is 50.0 Å². The number of halogens is 2. The van der Waals surface area contributed by atoms with Crippen molar-refractivity contribution in [3.63, 3.8) is 0 Å². The quantitative estimate of drug-likeness (QED) is 0.642. The molecule has 0 aromatic heterocycles. The Morgan fingerprint density at radius 1 is 1.19 bits per heavy atom. The summed E-state index contributed by atoms with van der Waals surface area (Å²) in [5.41, 5.74) is 5.80. The Bertz CT molecular complexity index is 620. The highest BCUT2D eigenvalue weighted by Gasteiger charge is 2.28. The van der Waals surface area contributed by atoms with Crippen LogP contribution in [0.1, 0.15) is 39.0 Å². The minimum Gasteiger partial charge on any atom is -0.396 e. The van der Waals surface area contributed by atoms with E-state index in [1.54, 1.807) is 0 Å². The van der Waals surface area contributed by atoms with Crippen LogP contribution in [0, 0.1) is 5.92 Å². The topological polar surface area (TPSA) is 72.2 Å². The highest BCUT2D eigenvalue weighted by molar-refractivity contribution is 7.89. The highest BCUT2D eigenvalue weighted by atomic mass is 35.5. The Labute approximate surface area is 136 Å². The van der Waals surface area contributed by atoms with E-state index >= 15 is 0 Å². The van der Waals surface area contributed by atoms with Crippen molar-refractivity contribution < 1.29 is 8.42 Å². The molecule has 1 aliphatic carbocycles. The van der Waals surface area contributed by atoms with E-state index in [4.69, 9.17) is 28.9 Å². The van der Waals surface area contributed by atoms with Gasteiger partial charge in [0.1, 0.15) is 4.90 Å². The van der Waals surface area contributed by atoms with Gasteiger partial charge in [0.25, 0.3) is 0 Å². The Hall–Kier alpha value is -0.490. The van der Waals surface area contributed by atoms with Crippen molar-refractivity contribution in [1.29, 1.82) is 0 Å². The van der Waals surface area contributed by atoms with E-state index < -0.39 is 10.0 Å². The first-order chi connectivity index (χ1) is 9.83. The fourth-order valence-electron chi connectivity index (χ4n) is 2.69. The van der Waals surface area contributed by atoms with Gasteiger partial charge in [-0.25, -0.2) is 13.1 Å². The number of nitrogens with two attached hydrogens (primary N) is 1. The second-order valence-corrected chi connectivity index (χ2v) is 8.08. The third-order valence-corrected chi connectivity index (χ3v) is 6.43. The van der Waals surface area contributed by atoms with Crippen LogP contribution >= 0.6 is 23.2 Å². The molecule has 118 valence electrons. The van der Waals surface area contributed by atoms with Gasteiger partial charge in [0.15, 0.2) is 0 Å². The van der Waals surface area contributed by atoms with Gasteiger partial charge in [-0.05, 0) is 30.9 Å². The molecule has 2 atom stereocenters. The largest absolute Gasteiger partial charge is 0.396 e. The van der Waals surface area contributed by atoms with Crippen molar-refractivity contribution in [2.75, 3.05) is 5.73 Å². The molecular formula is C14H20Cl2N2O2S. The second-order valence-electron chi connectivity index (χ2n) is 5.62. The first-order valence-electron chi connectivity index (χ1n) is 7.08. The van der Waals surface area contributed by atoms with Crippen LogP contribution in [0.4, 0.5) is 5.69 Å². The number of nitrogens with one attached hydrogen (secondary N) is 1. The van der Waals surface area contributed by atoms with Gasteiger partial charge in [-0.3, -0.25) is 0 Å². The molecule has 1 aliphatic rings. The lowest BCUT2D eigenvalue weighted by molar-refractivity contribution is 0.399. The van der Waals surface area contributed by atoms with E-state index in [0.29, 0.717) is 5.92 Å². The summed E-state index contributed by atoms with van der Waals surface area (Å²) in [7, 11) is -3.70. The van der Waals surface area contributed by atoms with E-state index in [1.165, 1.54) is 12.1 Å². The average Bonchev–Trinajstić information content (AvgIpc) is 2.61. The third kappa shape index (κ3) is 3.83. The number of rotatable bonds is 3. The van der Waals surface area contributed by atoms with Gasteiger partial charge < -0.3 is 5.73 Å². The summed E-state index contributed by atoms with van der Waals surface area (Å²) in [6.07, 6.45) is 5.21. The molecule has 3 N–H and O–H groups in total. The minimum atomic E-state index is -3.70. The zero-order valence-corrected chi connectivity index (χ0v) is 14.2. The molecular weight excluding hydrogens is 331 g/mol. The molecule has 2 unspecified atom stereocenters. The molecule has 0 bridgehead atoms. The number of sulfonamides is 1. The zero-order chi connectivity index (χ0) is 15.6. The Morgan fingerprint density at radius 2 is 1.86 bits per heavy atom. The first-order valence-corrected chi connectivity index (χ1v) is 9.32. The maximum atomic E-state index is 12.5. The Balaban J connectivity index is 2.28. The maximum Gasteiger partial charge on any atom is 0.242 e. The third-order valence-electron chi connectivity index (χ3n) is 4.05. The molecule has 21 heavy (non-hydrogen) atoms. The van der Waals surface area contributed by atoms with Crippen molar-refractivity contribution in [1.82, 2.24) is 4.72 Å². The van der Waals surface area contributed by atoms with Crippen LogP contribution < -0.4 is 10.5 Å². The maximum absolute atomic E-state index is 12.5. The normalized spacial score (nSPS) is 23.8. The smallest absolute Gasteiger partial charge is 0.242 e. The monoisotopic (exact) mass is 350 g/mol. The fourth-order valence-corrected chi connectivity index (χ4v) is 4.83. The van der Waals surface area contributed by atoms with Gasteiger partial charge in [-0.1, -0.05) is 49.4 Å². The fraction of sp³-hybridized carbons (Fsp3) is 0.571. The van der Waals surface area contributed by atoms with Crippen molar-refractivity contribution in [2.24, 2.45) is 5.92 Å². The summed E-state index contributed by atoms with van der Waals surface area (Å²) < 4.78 is 27.9. The Kier molecular flexibility index (Phi) is 5.41. The average molecular weight is 351 g/mol. The summed E-state index contributed by atoms with van der Waals surface area (Å²) in [5, 5.41) is 0.234. The second kappa shape index (κ2) is 6.73. The van der Waals surface area contributed by atoms with E-state index in [9.17, 15) is 8.42 Å². The van der Waals surface area contributed by atoms with E-state index in [0.717, 1.165) is 32.1 Å². The molecule has 0 saturated heterocycles. The van der Waals surface area contributed by atoms with Crippen LogP contribution in [0.2, 0.25) is 10.0 Å². The van der Waals surface area contributed by atoms with Crippen molar-refractivity contribution in [3.8, 4) is 0 Å². The molecule has 7 heteroatoms. The molecule has 0 aliphatic heterocycles. The van der Waals surface area contributed by atoms with Gasteiger partial charge in [0.2, 0.25) is 10.0 Å². The van der Waals surface area contributed by atoms with Crippen LogP contribution in [0.25, 0.3) is 0 Å². The zero-order valence-electron chi connectivity index (χ0n) is 11.9. The molecule has 0 spiro atoms. The molecule has 0 amide bonds. The SMILES string of the molecule is CC1CCCCCC1NS(=O)(=O)c1ccc(Cl)c(N)c1Cl. The summed E-state index contributed by atoms with van der Waals surface area (Å²) >= 11 is 11.9. The summed E-state index contributed by atoms with van der Waals surface area (Å²) in [6.45, 7) is 2.08. The van der Waals surface area contributed by atoms with E-state index in [-0.39, 0.29) is 26.7 Å². The lowest BCUT2D eigenvalue weighted by atomic mass is 9.98. The van der Waals surface area contributed by atoms with Gasteiger partial charge in [-0.15, -0.1) is 0 Å². The number of nitrogen functional groups attached to an aromatic ring is 1. The van der Waals surface area contributed by atoms with Crippen LogP contribution in [0.5, 0.6) is 0 Å². The lowest BCUT2D eigenvalue weighted by Gasteiger charge is -2.23. The van der Waals surface area contributed by atoms with Crippen molar-refractivity contribution >= 4 is 38.9 Å². The molecule has 1 fully saturated rings. The summed E-state index contributed by atoms with van der Waals surface area (Å²) in [5.74, 6) is 0.311. The number of anilines is 1. The number of benzene rings is 1. The van der Waals surface area contributed by atoms with Gasteiger partial charge in [0, 0.05) is 6.04 Å². The van der Waals surface area contributed by atoms with Crippen LogP contribution in [0.15, 0.2) is 17.0 Å². The molecule has 0 radical (unpaired) electrons. The van der Waals surface area contributed by atoms with Gasteiger partial charge in [0.05, 0.1) is 15.7 Å². The first kappa shape index (κ1) is 16.9. The minimum absolute atomic E-state index is 0.0116. The van der Waals surface area contributed by atoms with Gasteiger partial charge >= 0.3 is 0 Å². The highest BCUT2D eigenvalue weighted by Crippen LogP contribution is 2.33. The standard InChI is InChI=1S/C14H20Cl2N2O2S/c1-9-5-3-2-4-6-11(9)18-21(19,20)12-8-7-10(15)14(17)13(12)16/h7-9,11,18H,2-6,17H2,1H3. The Morgan fingerprint density at radius 3 is 2.57 bits per heavy atom. The van der Waals surface area contributed by atoms with Crippen molar-refractivity contribution in [3.05, 3.63) is 22.2 Å². The van der Waals surface area contributed by atoms with Crippen LogP contribution in [0.3, 0.4) is 0 Å². The van der Waals surface area contributed by atoms with Gasteiger partial charge in [-0.2, -0.15) is 0 Å². The number of hydrogen-bond acceptors (Lipinski definition) is 3. The summed E-state index contributed by atoms with van der Waals surface area (Å²) in [4.78, 5) is -0.0116. The lowest BCUT2D eigenvalue weighted by Crippen LogP contribution is -2.38. The van der Waals surface area contributed by atoms with E-state index in [1.807, 2.05) is 0 Å². The van der Waals surface area contributed by atoms with Crippen LogP contribution in [-0.2, 0) is 10.0 Å². The predicted octanol–water partition coefficient (Wildman–Crippen LogP) is 3.82. The molecule has 1 aromatic rings. The molecule has 2 rings (SSSR count). The molecule has 0 heterocycles. The summed E-state index contributed by atoms with van der Waals surface area (Å²) in [6, 6.07) is 2.78. The van der Waals surface area contributed by atoms with Crippen LogP contribution in [-0.4, -0.2) is 14.5 Å². The van der Waals surface area contributed by atoms with E-state index in [2.05, 4.69) is 11.6 Å².